The van der Waals surface area contributed by atoms with E-state index in [1.807, 2.05) is 12.3 Å². The number of rotatable bonds is 15. The average Bonchev–Trinajstić information content (AvgIpc) is 2.91. The van der Waals surface area contributed by atoms with Gasteiger partial charge in [0.1, 0.15) is 0 Å². The topological polar surface area (TPSA) is 40.2 Å². The average molecular weight is 473 g/mol. The lowest BCUT2D eigenvalue weighted by molar-refractivity contribution is 0.271. The maximum atomic E-state index is 4.58. The molecule has 3 aromatic rings. The highest BCUT2D eigenvalue weighted by Gasteiger charge is 2.10. The van der Waals surface area contributed by atoms with Gasteiger partial charge >= 0.3 is 0 Å². The van der Waals surface area contributed by atoms with Crippen molar-refractivity contribution in [1.82, 2.24) is 9.88 Å². The molecule has 0 amide bonds. The van der Waals surface area contributed by atoms with Crippen molar-refractivity contribution in [2.24, 2.45) is 0 Å². The van der Waals surface area contributed by atoms with Crippen molar-refractivity contribution in [2.75, 3.05) is 36.8 Å². The minimum Gasteiger partial charge on any atom is -0.385 e. The van der Waals surface area contributed by atoms with E-state index < -0.39 is 0 Å². The molecule has 0 atom stereocenters. The normalized spacial score (nSPS) is 11.1. The molecule has 0 aliphatic heterocycles. The second-order valence-electron chi connectivity index (χ2n) is 9.12. The van der Waals surface area contributed by atoms with Crippen LogP contribution in [-0.4, -0.2) is 36.1 Å². The highest BCUT2D eigenvalue weighted by atomic mass is 15.1. The Morgan fingerprint density at radius 2 is 1.17 bits per heavy atom. The molecular formula is C31H44N4. The minimum absolute atomic E-state index is 0.879. The Balaban J connectivity index is 1.60. The Kier molecular flexibility index (Phi) is 11.1. The highest BCUT2D eigenvalue weighted by Crippen LogP contribution is 2.23. The van der Waals surface area contributed by atoms with Crippen molar-refractivity contribution in [3.05, 3.63) is 88.7 Å². The number of hydrogen-bond acceptors (Lipinski definition) is 4. The summed E-state index contributed by atoms with van der Waals surface area (Å²) in [6.45, 7) is 13.8. The van der Waals surface area contributed by atoms with Gasteiger partial charge in [0.15, 0.2) is 0 Å². The molecule has 0 aliphatic carbocycles. The molecule has 0 spiro atoms. The molecule has 0 unspecified atom stereocenters. The van der Waals surface area contributed by atoms with Gasteiger partial charge in [-0.05, 0) is 66.5 Å². The maximum Gasteiger partial charge on any atom is 0.0543 e. The summed E-state index contributed by atoms with van der Waals surface area (Å²) in [5.41, 5.74) is 9.46. The van der Waals surface area contributed by atoms with Crippen LogP contribution in [0.15, 0.2) is 60.8 Å². The van der Waals surface area contributed by atoms with Gasteiger partial charge in [-0.2, -0.15) is 0 Å². The molecule has 0 aliphatic rings. The molecule has 35 heavy (non-hydrogen) atoms. The zero-order chi connectivity index (χ0) is 24.9. The first-order valence-corrected chi connectivity index (χ1v) is 13.5. The van der Waals surface area contributed by atoms with E-state index in [2.05, 4.69) is 96.7 Å². The van der Waals surface area contributed by atoms with Crippen LogP contribution in [0.3, 0.4) is 0 Å². The summed E-state index contributed by atoms with van der Waals surface area (Å²) < 4.78 is 0. The number of para-hydroxylation sites is 2. The van der Waals surface area contributed by atoms with Gasteiger partial charge < -0.3 is 10.6 Å². The molecule has 2 aromatic carbocycles. The number of aryl methyl sites for hydroxylation is 4. The molecule has 2 N–H and O–H groups in total. The predicted octanol–water partition coefficient (Wildman–Crippen LogP) is 6.75. The Bertz CT molecular complexity index is 971. The van der Waals surface area contributed by atoms with Crippen LogP contribution in [0.5, 0.6) is 0 Å². The Morgan fingerprint density at radius 3 is 1.66 bits per heavy atom. The number of hydrogen-bond donors (Lipinski definition) is 2. The summed E-state index contributed by atoms with van der Waals surface area (Å²) in [4.78, 5) is 7.11. The first-order chi connectivity index (χ1) is 17.2. The van der Waals surface area contributed by atoms with E-state index in [0.29, 0.717) is 0 Å². The van der Waals surface area contributed by atoms with Crippen molar-refractivity contribution >= 4 is 11.4 Å². The second kappa shape index (κ2) is 14.5. The predicted molar refractivity (Wildman–Crippen MR) is 152 cm³/mol. The second-order valence-corrected chi connectivity index (χ2v) is 9.12. The first-order valence-electron chi connectivity index (χ1n) is 13.5. The molecule has 0 saturated carbocycles. The van der Waals surface area contributed by atoms with E-state index in [9.17, 15) is 0 Å². The van der Waals surface area contributed by atoms with Gasteiger partial charge in [0.2, 0.25) is 0 Å². The lowest BCUT2D eigenvalue weighted by Gasteiger charge is -2.24. The summed E-state index contributed by atoms with van der Waals surface area (Å²) in [6, 6.07) is 19.6. The molecule has 3 rings (SSSR count). The van der Waals surface area contributed by atoms with E-state index in [0.717, 1.165) is 70.5 Å². The third-order valence-electron chi connectivity index (χ3n) is 6.79. The van der Waals surface area contributed by atoms with Crippen molar-refractivity contribution in [3.8, 4) is 0 Å². The number of pyridine rings is 1. The molecular weight excluding hydrogens is 428 g/mol. The van der Waals surface area contributed by atoms with Crippen LogP contribution in [0.2, 0.25) is 0 Å². The van der Waals surface area contributed by atoms with Gasteiger partial charge in [-0.3, -0.25) is 9.88 Å². The van der Waals surface area contributed by atoms with Crippen LogP contribution in [-0.2, 0) is 32.2 Å². The fourth-order valence-corrected chi connectivity index (χ4v) is 4.79. The minimum atomic E-state index is 0.879. The number of aromatic nitrogens is 1. The molecule has 1 aromatic heterocycles. The zero-order valence-corrected chi connectivity index (χ0v) is 22.2. The third-order valence-corrected chi connectivity index (χ3v) is 6.79. The molecule has 4 nitrogen and oxygen atoms in total. The standard InChI is InChI=1S/C31H44N4/c1-5-25-14-11-15-26(6-2)30(25)33-20-13-22-35(24-29-18-9-10-19-32-29)23-21-34-31-27(7-3)16-12-17-28(31)8-4/h9-12,14-19,33-34H,5-8,13,20-24H2,1-4H3. The molecule has 0 fully saturated rings. The molecule has 188 valence electrons. The van der Waals surface area contributed by atoms with Gasteiger partial charge in [0.25, 0.3) is 0 Å². The molecule has 1 heterocycles. The van der Waals surface area contributed by atoms with E-state index >= 15 is 0 Å². The SMILES string of the molecule is CCc1cccc(CC)c1NCCCN(CCNc1c(CC)cccc1CC)Cc1ccccn1. The zero-order valence-electron chi connectivity index (χ0n) is 22.2. The van der Waals surface area contributed by atoms with Crippen molar-refractivity contribution in [1.29, 1.82) is 0 Å². The van der Waals surface area contributed by atoms with Crippen molar-refractivity contribution < 1.29 is 0 Å². The molecule has 0 radical (unpaired) electrons. The van der Waals surface area contributed by atoms with E-state index in [1.54, 1.807) is 0 Å². The maximum absolute atomic E-state index is 4.58. The van der Waals surface area contributed by atoms with E-state index in [1.165, 1.54) is 33.6 Å². The third kappa shape index (κ3) is 7.83. The van der Waals surface area contributed by atoms with E-state index in [4.69, 9.17) is 0 Å². The molecule has 0 saturated heterocycles. The quantitative estimate of drug-likeness (QED) is 0.240. The van der Waals surface area contributed by atoms with Gasteiger partial charge in [0.05, 0.1) is 5.69 Å². The number of benzene rings is 2. The van der Waals surface area contributed by atoms with Crippen LogP contribution >= 0.6 is 0 Å². The highest BCUT2D eigenvalue weighted by molar-refractivity contribution is 5.58. The smallest absolute Gasteiger partial charge is 0.0543 e. The fraction of sp³-hybridized carbons (Fsp3) is 0.452. The summed E-state index contributed by atoms with van der Waals surface area (Å²) in [7, 11) is 0. The lowest BCUT2D eigenvalue weighted by atomic mass is 10.0. The number of nitrogens with zero attached hydrogens (tertiary/aromatic N) is 2. The van der Waals surface area contributed by atoms with E-state index in [-0.39, 0.29) is 0 Å². The molecule has 4 heteroatoms. The number of anilines is 2. The fourth-order valence-electron chi connectivity index (χ4n) is 4.79. The Morgan fingerprint density at radius 1 is 0.629 bits per heavy atom. The monoisotopic (exact) mass is 472 g/mol. The van der Waals surface area contributed by atoms with Crippen LogP contribution < -0.4 is 10.6 Å². The molecule has 0 bridgehead atoms. The Hall–Kier alpha value is -2.85. The van der Waals surface area contributed by atoms with Gasteiger partial charge in [-0.25, -0.2) is 0 Å². The Labute approximate surface area is 213 Å². The van der Waals surface area contributed by atoms with Gasteiger partial charge in [0, 0.05) is 50.3 Å². The lowest BCUT2D eigenvalue weighted by Crippen LogP contribution is -2.31. The van der Waals surface area contributed by atoms with Crippen LogP contribution in [0.25, 0.3) is 0 Å². The van der Waals surface area contributed by atoms with Crippen LogP contribution in [0, 0.1) is 0 Å². The van der Waals surface area contributed by atoms with Crippen LogP contribution in [0.4, 0.5) is 11.4 Å². The van der Waals surface area contributed by atoms with Crippen molar-refractivity contribution in [3.63, 3.8) is 0 Å². The summed E-state index contributed by atoms with van der Waals surface area (Å²) in [5.74, 6) is 0. The van der Waals surface area contributed by atoms with Crippen LogP contribution in [0.1, 0.15) is 62.1 Å². The summed E-state index contributed by atoms with van der Waals surface area (Å²) in [6.07, 6.45) is 7.22. The first kappa shape index (κ1) is 26.7. The largest absolute Gasteiger partial charge is 0.385 e. The summed E-state index contributed by atoms with van der Waals surface area (Å²) in [5, 5.41) is 7.53. The summed E-state index contributed by atoms with van der Waals surface area (Å²) >= 11 is 0. The van der Waals surface area contributed by atoms with Gasteiger partial charge in [-0.15, -0.1) is 0 Å². The number of nitrogens with one attached hydrogen (secondary N) is 2. The van der Waals surface area contributed by atoms with Crippen molar-refractivity contribution in [2.45, 2.75) is 66.3 Å². The van der Waals surface area contributed by atoms with Gasteiger partial charge in [-0.1, -0.05) is 70.2 Å².